The van der Waals surface area contributed by atoms with Crippen LogP contribution >= 0.6 is 23.7 Å². The maximum atomic E-state index is 13.1. The molecule has 4 nitrogen and oxygen atoms in total. The smallest absolute Gasteiger partial charge is 0.260 e. The zero-order chi connectivity index (χ0) is 18.7. The molecule has 6 heteroatoms. The fourth-order valence-electron chi connectivity index (χ4n) is 2.90. The molecule has 3 aromatic rings. The van der Waals surface area contributed by atoms with Gasteiger partial charge in [0.1, 0.15) is 0 Å². The topological polar surface area (TPSA) is 36.4 Å². The predicted octanol–water partition coefficient (Wildman–Crippen LogP) is 4.93. The van der Waals surface area contributed by atoms with E-state index in [1.165, 1.54) is 11.1 Å². The number of carbonyl (C=O) groups excluding carboxylic acids is 1. The first-order chi connectivity index (χ1) is 12.5. The van der Waals surface area contributed by atoms with Crippen LogP contribution in [0, 0.1) is 13.8 Å². The molecule has 1 amide bonds. The van der Waals surface area contributed by atoms with Gasteiger partial charge >= 0.3 is 0 Å². The van der Waals surface area contributed by atoms with E-state index in [0.29, 0.717) is 12.1 Å². The first kappa shape index (κ1) is 21.4. The van der Waals surface area contributed by atoms with Gasteiger partial charge in [0.2, 0.25) is 0 Å². The summed E-state index contributed by atoms with van der Waals surface area (Å²) in [5.41, 5.74) is 4.11. The quantitative estimate of drug-likeness (QED) is 0.585. The number of rotatable bonds is 6. The van der Waals surface area contributed by atoms with Crippen LogP contribution in [-0.4, -0.2) is 43.0 Å². The lowest BCUT2D eigenvalue weighted by atomic mass is 10.1. The number of nitrogens with zero attached hydrogens (tertiary/aromatic N) is 3. The maximum Gasteiger partial charge on any atom is 0.260 e. The average Bonchev–Trinajstić information content (AvgIpc) is 3.06. The van der Waals surface area contributed by atoms with Crippen molar-refractivity contribution in [2.75, 3.05) is 32.1 Å². The average molecular weight is 404 g/mol. The van der Waals surface area contributed by atoms with Gasteiger partial charge in [0, 0.05) is 12.1 Å². The number of carbonyl (C=O) groups is 1. The van der Waals surface area contributed by atoms with E-state index in [0.717, 1.165) is 28.3 Å². The van der Waals surface area contributed by atoms with Gasteiger partial charge in [0.05, 0.1) is 10.2 Å². The third-order valence-corrected chi connectivity index (χ3v) is 5.60. The Kier molecular flexibility index (Phi) is 7.36. The van der Waals surface area contributed by atoms with Crippen LogP contribution in [0.4, 0.5) is 5.13 Å². The van der Waals surface area contributed by atoms with Crippen molar-refractivity contribution in [1.29, 1.82) is 0 Å². The fraction of sp³-hybridized carbons (Fsp3) is 0.333. The zero-order valence-electron chi connectivity index (χ0n) is 16.2. The molecule has 0 aliphatic rings. The molecule has 1 heterocycles. The number of hydrogen-bond acceptors (Lipinski definition) is 4. The first-order valence-corrected chi connectivity index (χ1v) is 9.67. The maximum absolute atomic E-state index is 13.1. The van der Waals surface area contributed by atoms with Gasteiger partial charge in [-0.05, 0) is 70.2 Å². The van der Waals surface area contributed by atoms with E-state index in [4.69, 9.17) is 4.98 Å². The summed E-state index contributed by atoms with van der Waals surface area (Å²) in [5, 5.41) is 0.779. The molecule has 0 N–H and O–H groups in total. The van der Waals surface area contributed by atoms with E-state index in [1.54, 1.807) is 11.3 Å². The number of aromatic nitrogens is 1. The number of halogens is 1. The lowest BCUT2D eigenvalue weighted by Crippen LogP contribution is -2.33. The molecule has 144 valence electrons. The Bertz CT molecular complexity index is 908. The molecule has 27 heavy (non-hydrogen) atoms. The lowest BCUT2D eigenvalue weighted by Gasteiger charge is -2.21. The van der Waals surface area contributed by atoms with Crippen molar-refractivity contribution in [2.24, 2.45) is 0 Å². The fourth-order valence-corrected chi connectivity index (χ4v) is 3.94. The van der Waals surface area contributed by atoms with E-state index < -0.39 is 0 Å². The molecule has 0 aliphatic heterocycles. The highest BCUT2D eigenvalue weighted by atomic mass is 35.5. The summed E-state index contributed by atoms with van der Waals surface area (Å²) >= 11 is 1.59. The minimum Gasteiger partial charge on any atom is -0.309 e. The van der Waals surface area contributed by atoms with Crippen molar-refractivity contribution < 1.29 is 4.79 Å². The molecule has 0 bridgehead atoms. The number of hydrogen-bond donors (Lipinski definition) is 0. The molecule has 0 aliphatic carbocycles. The van der Waals surface area contributed by atoms with E-state index in [2.05, 4.69) is 30.9 Å². The molecule has 0 atom stereocenters. The summed E-state index contributed by atoms with van der Waals surface area (Å²) in [6, 6.07) is 13.7. The summed E-state index contributed by atoms with van der Waals surface area (Å²) in [6.07, 6.45) is 0.902. The monoisotopic (exact) mass is 403 g/mol. The van der Waals surface area contributed by atoms with Crippen LogP contribution in [0.15, 0.2) is 42.5 Å². The predicted molar refractivity (Wildman–Crippen MR) is 118 cm³/mol. The Labute approximate surface area is 171 Å². The van der Waals surface area contributed by atoms with Gasteiger partial charge in [0.25, 0.3) is 5.91 Å². The molecule has 0 fully saturated rings. The number of benzene rings is 2. The van der Waals surface area contributed by atoms with Crippen LogP contribution in [0.25, 0.3) is 10.2 Å². The standard InChI is InChI=1S/C21H25N3OS.ClH/c1-15-11-12-18-19(16(15)2)22-21(26-18)24(14-8-13-23(3)4)20(25)17-9-6-5-7-10-17;/h5-7,9-12H,8,13-14H2,1-4H3;1H. The number of thiazole rings is 1. The Hall–Kier alpha value is -1.95. The van der Waals surface area contributed by atoms with Gasteiger partial charge in [-0.1, -0.05) is 35.6 Å². The third kappa shape index (κ3) is 4.86. The molecular weight excluding hydrogens is 378 g/mol. The Balaban J connectivity index is 0.00000261. The molecule has 0 unspecified atom stereocenters. The molecule has 0 saturated heterocycles. The Morgan fingerprint density at radius 2 is 1.74 bits per heavy atom. The normalized spacial score (nSPS) is 10.9. The summed E-state index contributed by atoms with van der Waals surface area (Å²) in [4.78, 5) is 21.9. The molecule has 0 spiro atoms. The molecule has 0 saturated carbocycles. The second-order valence-electron chi connectivity index (χ2n) is 6.83. The first-order valence-electron chi connectivity index (χ1n) is 8.86. The largest absolute Gasteiger partial charge is 0.309 e. The van der Waals surface area contributed by atoms with E-state index in [-0.39, 0.29) is 18.3 Å². The van der Waals surface area contributed by atoms with Gasteiger partial charge < -0.3 is 4.90 Å². The molecular formula is C21H26ClN3OS. The highest BCUT2D eigenvalue weighted by Crippen LogP contribution is 2.32. The highest BCUT2D eigenvalue weighted by Gasteiger charge is 2.21. The minimum absolute atomic E-state index is 0. The van der Waals surface area contributed by atoms with Crippen LogP contribution < -0.4 is 4.90 Å². The van der Waals surface area contributed by atoms with Gasteiger partial charge in [0.15, 0.2) is 5.13 Å². The summed E-state index contributed by atoms with van der Waals surface area (Å²) in [6.45, 7) is 5.78. The van der Waals surface area contributed by atoms with Crippen LogP contribution in [-0.2, 0) is 0 Å². The summed E-state index contributed by atoms with van der Waals surface area (Å²) in [5.74, 6) is 0.0118. The lowest BCUT2D eigenvalue weighted by molar-refractivity contribution is 0.0986. The van der Waals surface area contributed by atoms with Gasteiger partial charge in [-0.25, -0.2) is 4.98 Å². The number of amides is 1. The van der Waals surface area contributed by atoms with Crippen molar-refractivity contribution in [2.45, 2.75) is 20.3 Å². The van der Waals surface area contributed by atoms with E-state index in [1.807, 2.05) is 49.3 Å². The number of aryl methyl sites for hydroxylation is 2. The van der Waals surface area contributed by atoms with Crippen LogP contribution in [0.3, 0.4) is 0 Å². The second kappa shape index (κ2) is 9.31. The molecule has 2 aromatic carbocycles. The van der Waals surface area contributed by atoms with Crippen molar-refractivity contribution >= 4 is 45.0 Å². The van der Waals surface area contributed by atoms with Crippen molar-refractivity contribution in [3.05, 3.63) is 59.2 Å². The third-order valence-electron chi connectivity index (χ3n) is 4.56. The van der Waals surface area contributed by atoms with Crippen molar-refractivity contribution in [1.82, 2.24) is 9.88 Å². The van der Waals surface area contributed by atoms with Crippen molar-refractivity contribution in [3.8, 4) is 0 Å². The SMILES string of the molecule is Cc1ccc2sc(N(CCCN(C)C)C(=O)c3ccccc3)nc2c1C.Cl. The summed E-state index contributed by atoms with van der Waals surface area (Å²) in [7, 11) is 4.10. The van der Waals surface area contributed by atoms with Crippen LogP contribution in [0.1, 0.15) is 27.9 Å². The van der Waals surface area contributed by atoms with Crippen molar-refractivity contribution in [3.63, 3.8) is 0 Å². The number of anilines is 1. The van der Waals surface area contributed by atoms with Crippen LogP contribution in [0.5, 0.6) is 0 Å². The van der Waals surface area contributed by atoms with Gasteiger partial charge in [-0.3, -0.25) is 9.69 Å². The highest BCUT2D eigenvalue weighted by molar-refractivity contribution is 7.22. The molecule has 1 aromatic heterocycles. The van der Waals surface area contributed by atoms with Crippen LogP contribution in [0.2, 0.25) is 0 Å². The molecule has 3 rings (SSSR count). The second-order valence-corrected chi connectivity index (χ2v) is 7.84. The summed E-state index contributed by atoms with van der Waals surface area (Å²) < 4.78 is 1.13. The van der Waals surface area contributed by atoms with E-state index >= 15 is 0 Å². The number of fused-ring (bicyclic) bond motifs is 1. The Morgan fingerprint density at radius 3 is 2.41 bits per heavy atom. The van der Waals surface area contributed by atoms with Gasteiger partial charge in [-0.2, -0.15) is 0 Å². The molecule has 0 radical (unpaired) electrons. The van der Waals surface area contributed by atoms with E-state index in [9.17, 15) is 4.79 Å². The minimum atomic E-state index is 0. The zero-order valence-corrected chi connectivity index (χ0v) is 17.9. The van der Waals surface area contributed by atoms with Gasteiger partial charge in [-0.15, -0.1) is 12.4 Å². The Morgan fingerprint density at radius 1 is 1.04 bits per heavy atom.